The molecule has 1 rings (SSSR count). The van der Waals surface area contributed by atoms with E-state index in [1.54, 1.807) is 6.92 Å². The van der Waals surface area contributed by atoms with Crippen molar-refractivity contribution in [1.29, 1.82) is 0 Å². The minimum absolute atomic E-state index is 0.0770. The number of hydrogen-bond donors (Lipinski definition) is 1. The number of thioether (sulfide) groups is 1. The summed E-state index contributed by atoms with van der Waals surface area (Å²) in [5.41, 5.74) is -0.166. The number of aliphatic carboxylic acids is 1. The van der Waals surface area contributed by atoms with Gasteiger partial charge < -0.3 is 5.11 Å². The van der Waals surface area contributed by atoms with Crippen LogP contribution >= 0.6 is 11.8 Å². The molecule has 4 unspecified atom stereocenters. The average Bonchev–Trinajstić information content (AvgIpc) is 2.29. The molecule has 1 aliphatic rings. The van der Waals surface area contributed by atoms with E-state index in [2.05, 4.69) is 27.7 Å². The molecular formula is C15H26O3S. The molecule has 0 aromatic carbocycles. The first-order chi connectivity index (χ1) is 8.70. The van der Waals surface area contributed by atoms with Gasteiger partial charge in [-0.3, -0.25) is 9.59 Å². The van der Waals surface area contributed by atoms with Crippen LogP contribution in [-0.2, 0) is 9.59 Å². The third-order valence-electron chi connectivity index (χ3n) is 5.07. The molecule has 0 radical (unpaired) electrons. The van der Waals surface area contributed by atoms with Crippen molar-refractivity contribution in [2.24, 2.45) is 29.1 Å². The molecule has 0 saturated heterocycles. The summed E-state index contributed by atoms with van der Waals surface area (Å²) in [6, 6.07) is 0. The lowest BCUT2D eigenvalue weighted by Crippen LogP contribution is -2.48. The summed E-state index contributed by atoms with van der Waals surface area (Å²) in [7, 11) is 0. The molecule has 1 saturated carbocycles. The Morgan fingerprint density at radius 3 is 2.42 bits per heavy atom. The summed E-state index contributed by atoms with van der Waals surface area (Å²) in [5.74, 6) is 0.397. The van der Waals surface area contributed by atoms with Gasteiger partial charge >= 0.3 is 5.97 Å². The van der Waals surface area contributed by atoms with E-state index in [0.717, 1.165) is 12.8 Å². The van der Waals surface area contributed by atoms with Gasteiger partial charge in [0.25, 0.3) is 0 Å². The summed E-state index contributed by atoms with van der Waals surface area (Å²) in [5, 5.41) is 9.76. The Labute approximate surface area is 120 Å². The van der Waals surface area contributed by atoms with Crippen molar-refractivity contribution in [3.63, 3.8) is 0 Å². The smallest absolute Gasteiger partial charge is 0.307 e. The molecule has 110 valence electrons. The van der Waals surface area contributed by atoms with Crippen LogP contribution in [0.15, 0.2) is 0 Å². The van der Waals surface area contributed by atoms with Gasteiger partial charge in [-0.25, -0.2) is 0 Å². The van der Waals surface area contributed by atoms with Crippen LogP contribution in [0.5, 0.6) is 0 Å². The Morgan fingerprint density at radius 2 is 2.00 bits per heavy atom. The minimum Gasteiger partial charge on any atom is -0.481 e. The summed E-state index contributed by atoms with van der Waals surface area (Å²) in [6.07, 6.45) is 2.02. The van der Waals surface area contributed by atoms with Crippen molar-refractivity contribution >= 4 is 22.8 Å². The largest absolute Gasteiger partial charge is 0.481 e. The Hall–Kier alpha value is -0.510. The predicted molar refractivity (Wildman–Crippen MR) is 79.1 cm³/mol. The number of rotatable bonds is 4. The summed E-state index contributed by atoms with van der Waals surface area (Å²) in [6.45, 7) is 10.0. The maximum atomic E-state index is 11.8. The van der Waals surface area contributed by atoms with E-state index in [4.69, 9.17) is 0 Å². The van der Waals surface area contributed by atoms with Crippen LogP contribution in [0.3, 0.4) is 0 Å². The molecular weight excluding hydrogens is 260 g/mol. The van der Waals surface area contributed by atoms with Crippen LogP contribution in [0.25, 0.3) is 0 Å². The van der Waals surface area contributed by atoms with Crippen molar-refractivity contribution in [1.82, 2.24) is 0 Å². The van der Waals surface area contributed by atoms with Crippen LogP contribution in [0.1, 0.15) is 47.5 Å². The van der Waals surface area contributed by atoms with E-state index in [1.165, 1.54) is 11.8 Å². The molecule has 4 atom stereocenters. The summed E-state index contributed by atoms with van der Waals surface area (Å²) >= 11 is 1.27. The molecule has 0 bridgehead atoms. The van der Waals surface area contributed by atoms with E-state index in [1.807, 2.05) is 0 Å². The second kappa shape index (κ2) is 6.29. The van der Waals surface area contributed by atoms with Crippen LogP contribution < -0.4 is 0 Å². The van der Waals surface area contributed by atoms with Gasteiger partial charge in [-0.1, -0.05) is 39.5 Å². The number of carbonyl (C=O) groups excluding carboxylic acids is 1. The van der Waals surface area contributed by atoms with Crippen molar-refractivity contribution < 1.29 is 14.7 Å². The highest BCUT2D eigenvalue weighted by Gasteiger charge is 2.50. The van der Waals surface area contributed by atoms with E-state index >= 15 is 0 Å². The SMILES string of the molecule is CC(=O)SCC1C(C)CCC(C)(C(C)C)C1C(=O)O. The fourth-order valence-corrected chi connectivity index (χ4v) is 4.26. The fraction of sp³-hybridized carbons (Fsp3) is 0.867. The van der Waals surface area contributed by atoms with Gasteiger partial charge in [-0.15, -0.1) is 0 Å². The monoisotopic (exact) mass is 286 g/mol. The minimum atomic E-state index is -0.697. The highest BCUT2D eigenvalue weighted by Crippen LogP contribution is 2.51. The van der Waals surface area contributed by atoms with Crippen LogP contribution in [0.2, 0.25) is 0 Å². The molecule has 0 aliphatic heterocycles. The third-order valence-corrected chi connectivity index (χ3v) is 6.03. The van der Waals surface area contributed by atoms with Gasteiger partial charge in [-0.05, 0) is 36.0 Å². The summed E-state index contributed by atoms with van der Waals surface area (Å²) in [4.78, 5) is 23.0. The topological polar surface area (TPSA) is 54.4 Å². The molecule has 4 heteroatoms. The third kappa shape index (κ3) is 3.53. The molecule has 19 heavy (non-hydrogen) atoms. The van der Waals surface area contributed by atoms with E-state index in [9.17, 15) is 14.7 Å². The zero-order chi connectivity index (χ0) is 14.8. The Bertz CT molecular complexity index is 353. The highest BCUT2D eigenvalue weighted by molar-refractivity contribution is 8.13. The lowest BCUT2D eigenvalue weighted by molar-refractivity contribution is -0.155. The van der Waals surface area contributed by atoms with Gasteiger partial charge in [0.15, 0.2) is 5.12 Å². The lowest BCUT2D eigenvalue weighted by Gasteiger charge is -2.49. The van der Waals surface area contributed by atoms with Crippen LogP contribution in [0.4, 0.5) is 0 Å². The van der Waals surface area contributed by atoms with Gasteiger partial charge in [0.05, 0.1) is 5.92 Å². The van der Waals surface area contributed by atoms with Gasteiger partial charge in [0, 0.05) is 12.7 Å². The Morgan fingerprint density at radius 1 is 1.42 bits per heavy atom. The molecule has 1 N–H and O–H groups in total. The van der Waals surface area contributed by atoms with Crippen molar-refractivity contribution in [2.75, 3.05) is 5.75 Å². The standard InChI is InChI=1S/C15H26O3S/c1-9(2)15(5)7-6-10(3)12(8-19-11(4)16)13(15)14(17)18/h9-10,12-13H,6-8H2,1-5H3,(H,17,18). The normalized spacial score (nSPS) is 35.4. The molecule has 0 heterocycles. The molecule has 0 aromatic rings. The molecule has 0 amide bonds. The van der Waals surface area contributed by atoms with Crippen LogP contribution in [0, 0.1) is 29.1 Å². The second-order valence-electron chi connectivity index (χ2n) is 6.46. The van der Waals surface area contributed by atoms with Gasteiger partial charge in [0.2, 0.25) is 0 Å². The first-order valence-electron chi connectivity index (χ1n) is 7.06. The van der Waals surface area contributed by atoms with E-state index in [-0.39, 0.29) is 22.4 Å². The quantitative estimate of drug-likeness (QED) is 0.856. The number of carboxylic acids is 1. The van der Waals surface area contributed by atoms with Crippen molar-refractivity contribution in [3.8, 4) is 0 Å². The Kier molecular flexibility index (Phi) is 5.48. The molecule has 1 fully saturated rings. The number of carbonyl (C=O) groups is 2. The molecule has 3 nitrogen and oxygen atoms in total. The van der Waals surface area contributed by atoms with Crippen molar-refractivity contribution in [3.05, 3.63) is 0 Å². The zero-order valence-corrected chi connectivity index (χ0v) is 13.4. The molecule has 0 aromatic heterocycles. The van der Waals surface area contributed by atoms with E-state index < -0.39 is 5.97 Å². The van der Waals surface area contributed by atoms with Crippen LogP contribution in [-0.4, -0.2) is 21.9 Å². The first-order valence-corrected chi connectivity index (χ1v) is 8.05. The fourth-order valence-electron chi connectivity index (χ4n) is 3.31. The van der Waals surface area contributed by atoms with E-state index in [0.29, 0.717) is 17.6 Å². The maximum Gasteiger partial charge on any atom is 0.307 e. The van der Waals surface area contributed by atoms with Crippen molar-refractivity contribution in [2.45, 2.75) is 47.5 Å². The Balaban J connectivity index is 3.01. The van der Waals surface area contributed by atoms with Gasteiger partial charge in [0.1, 0.15) is 0 Å². The lowest BCUT2D eigenvalue weighted by atomic mass is 9.55. The second-order valence-corrected chi connectivity index (χ2v) is 7.66. The summed E-state index contributed by atoms with van der Waals surface area (Å²) < 4.78 is 0. The zero-order valence-electron chi connectivity index (χ0n) is 12.6. The maximum absolute atomic E-state index is 11.8. The number of hydrogen-bond acceptors (Lipinski definition) is 3. The molecule has 0 spiro atoms. The number of carboxylic acid groups (broad SMARTS) is 1. The average molecular weight is 286 g/mol. The van der Waals surface area contributed by atoms with Gasteiger partial charge in [-0.2, -0.15) is 0 Å². The highest BCUT2D eigenvalue weighted by atomic mass is 32.2. The first kappa shape index (κ1) is 16.5. The molecule has 1 aliphatic carbocycles. The predicted octanol–water partition coefficient (Wildman–Crippen LogP) is 3.68.